The van der Waals surface area contributed by atoms with E-state index in [0.29, 0.717) is 22.0 Å². The van der Waals surface area contributed by atoms with Crippen LogP contribution in [0.2, 0.25) is 0 Å². The quantitative estimate of drug-likeness (QED) is 0.921. The van der Waals surface area contributed by atoms with E-state index < -0.39 is 0 Å². The molecule has 6 heteroatoms. The smallest absolute Gasteiger partial charge is 0.131 e. The number of nitrogens with two attached hydrogens (primary N) is 1. The molecule has 0 saturated carbocycles. The second-order valence-corrected chi connectivity index (χ2v) is 4.96. The van der Waals surface area contributed by atoms with Crippen LogP contribution >= 0.6 is 11.3 Å². The van der Waals surface area contributed by atoms with E-state index in [1.165, 1.54) is 11.3 Å². The summed E-state index contributed by atoms with van der Waals surface area (Å²) in [5.41, 5.74) is 7.50. The fourth-order valence-corrected chi connectivity index (χ4v) is 2.65. The van der Waals surface area contributed by atoms with Gasteiger partial charge in [-0.1, -0.05) is 0 Å². The van der Waals surface area contributed by atoms with E-state index in [-0.39, 0.29) is 5.69 Å². The number of nitriles is 2. The van der Waals surface area contributed by atoms with E-state index in [0.717, 1.165) is 5.56 Å². The fraction of sp³-hybridized carbons (Fsp3) is 0.154. The third-order valence-electron chi connectivity index (χ3n) is 2.66. The lowest BCUT2D eigenvalue weighted by Crippen LogP contribution is -2.16. The predicted octanol–water partition coefficient (Wildman–Crippen LogP) is 2.11. The van der Waals surface area contributed by atoms with Gasteiger partial charge in [0.15, 0.2) is 0 Å². The lowest BCUT2D eigenvalue weighted by Gasteiger charge is -2.17. The third-order valence-corrected chi connectivity index (χ3v) is 3.88. The van der Waals surface area contributed by atoms with Crippen molar-refractivity contribution in [2.45, 2.75) is 6.54 Å². The summed E-state index contributed by atoms with van der Waals surface area (Å²) in [6, 6.07) is 7.90. The standard InChI is InChI=1S/C13H11N5S/c1-18(8-9-2-4-17-5-3-9)13-10(6-14)12(16)11(7-15)19-13/h2-5H,8,16H2,1H3. The zero-order valence-corrected chi connectivity index (χ0v) is 11.1. The van der Waals surface area contributed by atoms with Crippen molar-refractivity contribution in [2.75, 3.05) is 17.7 Å². The number of thiophene rings is 1. The molecular weight excluding hydrogens is 258 g/mol. The first-order valence-corrected chi connectivity index (χ1v) is 6.31. The summed E-state index contributed by atoms with van der Waals surface area (Å²) in [5, 5.41) is 18.8. The van der Waals surface area contributed by atoms with E-state index in [1.807, 2.05) is 30.1 Å². The molecule has 0 unspecified atom stereocenters. The van der Waals surface area contributed by atoms with Crippen LogP contribution in [-0.2, 0) is 6.54 Å². The van der Waals surface area contributed by atoms with Crippen LogP contribution in [0.4, 0.5) is 10.7 Å². The van der Waals surface area contributed by atoms with Crippen molar-refractivity contribution < 1.29 is 0 Å². The molecule has 0 aromatic carbocycles. The minimum atomic E-state index is 0.270. The van der Waals surface area contributed by atoms with Gasteiger partial charge in [-0.3, -0.25) is 4.98 Å². The van der Waals surface area contributed by atoms with E-state index in [1.54, 1.807) is 12.4 Å². The fourth-order valence-electron chi connectivity index (χ4n) is 1.73. The number of hydrogen-bond donors (Lipinski definition) is 1. The third kappa shape index (κ3) is 2.49. The highest BCUT2D eigenvalue weighted by molar-refractivity contribution is 7.17. The Morgan fingerprint density at radius 3 is 2.58 bits per heavy atom. The van der Waals surface area contributed by atoms with Gasteiger partial charge >= 0.3 is 0 Å². The molecule has 2 N–H and O–H groups in total. The molecule has 0 atom stereocenters. The first kappa shape index (κ1) is 12.9. The average molecular weight is 269 g/mol. The second-order valence-electron chi connectivity index (χ2n) is 3.96. The Kier molecular flexibility index (Phi) is 3.65. The molecule has 0 fully saturated rings. The number of anilines is 2. The lowest BCUT2D eigenvalue weighted by atomic mass is 10.2. The Hall–Kier alpha value is -2.57. The van der Waals surface area contributed by atoms with Crippen molar-refractivity contribution >= 4 is 22.0 Å². The van der Waals surface area contributed by atoms with Crippen LogP contribution in [0.5, 0.6) is 0 Å². The molecule has 2 heterocycles. The molecule has 5 nitrogen and oxygen atoms in total. The number of aromatic nitrogens is 1. The van der Waals surface area contributed by atoms with Gasteiger partial charge in [-0.05, 0) is 17.7 Å². The zero-order chi connectivity index (χ0) is 13.8. The highest BCUT2D eigenvalue weighted by Gasteiger charge is 2.18. The lowest BCUT2D eigenvalue weighted by molar-refractivity contribution is 0.929. The zero-order valence-electron chi connectivity index (χ0n) is 10.3. The molecule has 0 saturated heterocycles. The average Bonchev–Trinajstić information content (AvgIpc) is 2.76. The van der Waals surface area contributed by atoms with Crippen molar-refractivity contribution in [2.24, 2.45) is 0 Å². The molecule has 2 aromatic rings. The summed E-state index contributed by atoms with van der Waals surface area (Å²) < 4.78 is 0. The molecule has 19 heavy (non-hydrogen) atoms. The molecule has 0 aliphatic rings. The highest BCUT2D eigenvalue weighted by Crippen LogP contribution is 2.37. The minimum Gasteiger partial charge on any atom is -0.396 e. The SMILES string of the molecule is CN(Cc1ccncc1)c1sc(C#N)c(N)c1C#N. The molecule has 0 radical (unpaired) electrons. The number of rotatable bonds is 3. The topological polar surface area (TPSA) is 89.7 Å². The van der Waals surface area contributed by atoms with Gasteiger partial charge < -0.3 is 10.6 Å². The minimum absolute atomic E-state index is 0.270. The van der Waals surface area contributed by atoms with E-state index >= 15 is 0 Å². The number of nitrogens with zero attached hydrogens (tertiary/aromatic N) is 4. The second kappa shape index (κ2) is 5.38. The first-order valence-electron chi connectivity index (χ1n) is 5.50. The van der Waals surface area contributed by atoms with Crippen molar-refractivity contribution in [3.63, 3.8) is 0 Å². The van der Waals surface area contributed by atoms with Crippen LogP contribution in [0.15, 0.2) is 24.5 Å². The van der Waals surface area contributed by atoms with Crippen LogP contribution in [0.1, 0.15) is 16.0 Å². The first-order chi connectivity index (χ1) is 9.17. The van der Waals surface area contributed by atoms with Gasteiger partial charge in [-0.25, -0.2) is 0 Å². The van der Waals surface area contributed by atoms with Gasteiger partial charge in [0.25, 0.3) is 0 Å². The molecular formula is C13H11N5S. The van der Waals surface area contributed by atoms with Crippen LogP contribution in [0.25, 0.3) is 0 Å². The molecule has 0 bridgehead atoms. The summed E-state index contributed by atoms with van der Waals surface area (Å²) in [7, 11) is 1.87. The summed E-state index contributed by atoms with van der Waals surface area (Å²) in [6.45, 7) is 0.627. The number of nitrogen functional groups attached to an aromatic ring is 1. The molecule has 2 aromatic heterocycles. The molecule has 2 rings (SSSR count). The van der Waals surface area contributed by atoms with Crippen LogP contribution in [0.3, 0.4) is 0 Å². The number of pyridine rings is 1. The summed E-state index contributed by atoms with van der Waals surface area (Å²) in [6.07, 6.45) is 3.44. The monoisotopic (exact) mass is 269 g/mol. The summed E-state index contributed by atoms with van der Waals surface area (Å²) >= 11 is 1.24. The predicted molar refractivity (Wildman–Crippen MR) is 74.5 cm³/mol. The molecule has 0 aliphatic carbocycles. The molecule has 0 amide bonds. The van der Waals surface area contributed by atoms with Crippen molar-refractivity contribution in [3.05, 3.63) is 40.5 Å². The maximum Gasteiger partial charge on any atom is 0.131 e. The van der Waals surface area contributed by atoms with Gasteiger partial charge in [0.1, 0.15) is 27.6 Å². The normalized spacial score (nSPS) is 9.63. The molecule has 94 valence electrons. The van der Waals surface area contributed by atoms with Crippen molar-refractivity contribution in [3.8, 4) is 12.1 Å². The maximum absolute atomic E-state index is 9.15. The largest absolute Gasteiger partial charge is 0.396 e. The summed E-state index contributed by atoms with van der Waals surface area (Å²) in [4.78, 5) is 6.25. The van der Waals surface area contributed by atoms with Gasteiger partial charge in [0.05, 0.1) is 5.69 Å². The van der Waals surface area contributed by atoms with Gasteiger partial charge in [0, 0.05) is 26.0 Å². The van der Waals surface area contributed by atoms with Crippen molar-refractivity contribution in [1.82, 2.24) is 4.98 Å². The van der Waals surface area contributed by atoms with Crippen molar-refractivity contribution in [1.29, 1.82) is 10.5 Å². The summed E-state index contributed by atoms with van der Waals surface area (Å²) in [5.74, 6) is 0. The van der Waals surface area contributed by atoms with E-state index in [4.69, 9.17) is 16.3 Å². The van der Waals surface area contributed by atoms with E-state index in [2.05, 4.69) is 11.1 Å². The Labute approximate surface area is 115 Å². The Morgan fingerprint density at radius 1 is 1.32 bits per heavy atom. The van der Waals surface area contributed by atoms with Gasteiger partial charge in [-0.15, -0.1) is 11.3 Å². The Morgan fingerprint density at radius 2 is 2.00 bits per heavy atom. The highest BCUT2D eigenvalue weighted by atomic mass is 32.1. The van der Waals surface area contributed by atoms with Crippen LogP contribution < -0.4 is 10.6 Å². The maximum atomic E-state index is 9.15. The van der Waals surface area contributed by atoms with E-state index in [9.17, 15) is 0 Å². The van der Waals surface area contributed by atoms with Crippen LogP contribution in [0, 0.1) is 22.7 Å². The van der Waals surface area contributed by atoms with Crippen LogP contribution in [-0.4, -0.2) is 12.0 Å². The Balaban J connectivity index is 2.33. The van der Waals surface area contributed by atoms with Gasteiger partial charge in [0.2, 0.25) is 0 Å². The molecule has 0 aliphatic heterocycles. The number of hydrogen-bond acceptors (Lipinski definition) is 6. The molecule has 0 spiro atoms. The van der Waals surface area contributed by atoms with Gasteiger partial charge in [-0.2, -0.15) is 10.5 Å². The Bertz CT molecular complexity index is 663.